The van der Waals surface area contributed by atoms with Gasteiger partial charge in [-0.05, 0) is 37.8 Å². The van der Waals surface area contributed by atoms with Gasteiger partial charge in [-0.1, -0.05) is 43.2 Å². The Balaban J connectivity index is 1.32. The van der Waals surface area contributed by atoms with Gasteiger partial charge < -0.3 is 14.2 Å². The Morgan fingerprint density at radius 1 is 1.03 bits per heavy atom. The number of rotatable bonds is 5. The SMILES string of the molecule is Cc1c(C)n(Cc2ccccc2)c2ncnc(OC3CCN(C(=O)C4CCCC4)CC3)c12. The molecule has 1 aliphatic carbocycles. The molecule has 0 N–H and O–H groups in total. The molecule has 1 aromatic carbocycles. The highest BCUT2D eigenvalue weighted by atomic mass is 16.5. The number of ether oxygens (including phenoxy) is 1. The summed E-state index contributed by atoms with van der Waals surface area (Å²) in [6, 6.07) is 10.4. The molecule has 1 saturated carbocycles. The molecule has 1 aliphatic heterocycles. The lowest BCUT2D eigenvalue weighted by Gasteiger charge is -2.33. The number of aryl methyl sites for hydroxylation is 1. The molecule has 2 aliphatic rings. The Bertz CT molecular complexity index is 1090. The zero-order valence-electron chi connectivity index (χ0n) is 19.1. The summed E-state index contributed by atoms with van der Waals surface area (Å²) in [6.07, 6.45) is 7.92. The number of carbonyl (C=O) groups is 1. The summed E-state index contributed by atoms with van der Waals surface area (Å²) in [7, 11) is 0. The van der Waals surface area contributed by atoms with E-state index in [-0.39, 0.29) is 12.0 Å². The van der Waals surface area contributed by atoms with Gasteiger partial charge in [0.05, 0.1) is 5.39 Å². The van der Waals surface area contributed by atoms with E-state index in [9.17, 15) is 4.79 Å². The van der Waals surface area contributed by atoms with Crippen LogP contribution in [0.1, 0.15) is 55.3 Å². The smallest absolute Gasteiger partial charge is 0.226 e. The third-order valence-electron chi connectivity index (χ3n) is 7.29. The summed E-state index contributed by atoms with van der Waals surface area (Å²) < 4.78 is 8.67. The van der Waals surface area contributed by atoms with E-state index in [4.69, 9.17) is 4.74 Å². The Hall–Kier alpha value is -2.89. The highest BCUT2D eigenvalue weighted by Gasteiger charge is 2.31. The number of benzene rings is 1. The lowest BCUT2D eigenvalue weighted by Crippen LogP contribution is -2.44. The van der Waals surface area contributed by atoms with Crippen molar-refractivity contribution in [2.45, 2.75) is 65.0 Å². The summed E-state index contributed by atoms with van der Waals surface area (Å²) in [4.78, 5) is 23.9. The van der Waals surface area contributed by atoms with Gasteiger partial charge in [0.1, 0.15) is 18.1 Å². The molecule has 3 aromatic rings. The minimum absolute atomic E-state index is 0.0814. The Morgan fingerprint density at radius 2 is 1.75 bits per heavy atom. The van der Waals surface area contributed by atoms with Crippen LogP contribution in [0, 0.1) is 19.8 Å². The van der Waals surface area contributed by atoms with E-state index in [0.29, 0.717) is 11.8 Å². The summed E-state index contributed by atoms with van der Waals surface area (Å²) in [5, 5.41) is 1.00. The van der Waals surface area contributed by atoms with E-state index < -0.39 is 0 Å². The fourth-order valence-electron chi connectivity index (χ4n) is 5.27. The monoisotopic (exact) mass is 432 g/mol. The largest absolute Gasteiger partial charge is 0.474 e. The van der Waals surface area contributed by atoms with Crippen molar-refractivity contribution in [3.8, 4) is 5.88 Å². The molecular formula is C26H32N4O2. The van der Waals surface area contributed by atoms with Gasteiger partial charge in [-0.25, -0.2) is 9.97 Å². The first-order valence-electron chi connectivity index (χ1n) is 11.9. The molecule has 6 heteroatoms. The first-order chi connectivity index (χ1) is 15.6. The molecule has 0 unspecified atom stereocenters. The summed E-state index contributed by atoms with van der Waals surface area (Å²) >= 11 is 0. The second-order valence-electron chi connectivity index (χ2n) is 9.28. The zero-order chi connectivity index (χ0) is 22.1. The van der Waals surface area contributed by atoms with Crippen molar-refractivity contribution in [1.29, 1.82) is 0 Å². The number of amides is 1. The van der Waals surface area contributed by atoms with Crippen LogP contribution >= 0.6 is 0 Å². The topological polar surface area (TPSA) is 60.2 Å². The van der Waals surface area contributed by atoms with Crippen LogP contribution in [0.2, 0.25) is 0 Å². The van der Waals surface area contributed by atoms with Crippen molar-refractivity contribution in [1.82, 2.24) is 19.4 Å². The summed E-state index contributed by atoms with van der Waals surface area (Å²) in [5.74, 6) is 1.28. The van der Waals surface area contributed by atoms with Gasteiger partial charge in [0.25, 0.3) is 0 Å². The molecule has 1 saturated heterocycles. The fraction of sp³-hybridized carbons (Fsp3) is 0.500. The van der Waals surface area contributed by atoms with Gasteiger partial charge in [0.2, 0.25) is 11.8 Å². The van der Waals surface area contributed by atoms with Crippen molar-refractivity contribution >= 4 is 16.9 Å². The van der Waals surface area contributed by atoms with Crippen molar-refractivity contribution < 1.29 is 9.53 Å². The molecule has 3 heterocycles. The number of likely N-dealkylation sites (tertiary alicyclic amines) is 1. The number of hydrogen-bond donors (Lipinski definition) is 0. The van der Waals surface area contributed by atoms with Crippen LogP contribution in [0.25, 0.3) is 11.0 Å². The Kier molecular flexibility index (Phi) is 5.85. The molecule has 0 spiro atoms. The summed E-state index contributed by atoms with van der Waals surface area (Å²) in [5.41, 5.74) is 4.52. The maximum Gasteiger partial charge on any atom is 0.226 e. The van der Waals surface area contributed by atoms with Gasteiger partial charge >= 0.3 is 0 Å². The molecule has 0 atom stereocenters. The molecular weight excluding hydrogens is 400 g/mol. The van der Waals surface area contributed by atoms with Gasteiger partial charge in [0, 0.05) is 44.1 Å². The van der Waals surface area contributed by atoms with Gasteiger partial charge in [0.15, 0.2) is 0 Å². The van der Waals surface area contributed by atoms with Crippen molar-refractivity contribution in [3.63, 3.8) is 0 Å². The van der Waals surface area contributed by atoms with Crippen LogP contribution in [-0.4, -0.2) is 44.5 Å². The molecule has 6 nitrogen and oxygen atoms in total. The van der Waals surface area contributed by atoms with E-state index in [1.807, 2.05) is 6.07 Å². The molecule has 0 radical (unpaired) electrons. The third-order valence-corrected chi connectivity index (χ3v) is 7.29. The number of fused-ring (bicyclic) bond motifs is 1. The summed E-state index contributed by atoms with van der Waals surface area (Å²) in [6.45, 7) is 6.59. The number of hydrogen-bond acceptors (Lipinski definition) is 4. The number of aromatic nitrogens is 3. The lowest BCUT2D eigenvalue weighted by atomic mass is 10.0. The van der Waals surface area contributed by atoms with Crippen molar-refractivity contribution in [3.05, 3.63) is 53.5 Å². The molecule has 2 fully saturated rings. The second-order valence-corrected chi connectivity index (χ2v) is 9.28. The quantitative estimate of drug-likeness (QED) is 0.589. The van der Waals surface area contributed by atoms with E-state index in [0.717, 1.165) is 56.4 Å². The average molecular weight is 433 g/mol. The van der Waals surface area contributed by atoms with Gasteiger partial charge in [-0.15, -0.1) is 0 Å². The minimum atomic E-state index is 0.0814. The van der Waals surface area contributed by atoms with Gasteiger partial charge in [-0.2, -0.15) is 0 Å². The van der Waals surface area contributed by atoms with E-state index in [2.05, 4.69) is 57.5 Å². The van der Waals surface area contributed by atoms with E-state index in [1.54, 1.807) is 6.33 Å². The Labute approximate surface area is 189 Å². The molecule has 168 valence electrons. The van der Waals surface area contributed by atoms with Crippen LogP contribution in [0.5, 0.6) is 5.88 Å². The van der Waals surface area contributed by atoms with Crippen molar-refractivity contribution in [2.24, 2.45) is 5.92 Å². The second kappa shape index (κ2) is 8.93. The predicted octanol–water partition coefficient (Wildman–Crippen LogP) is 4.66. The third kappa shape index (κ3) is 3.98. The number of carbonyl (C=O) groups excluding carboxylic acids is 1. The van der Waals surface area contributed by atoms with E-state index >= 15 is 0 Å². The lowest BCUT2D eigenvalue weighted by molar-refractivity contribution is -0.137. The molecule has 5 rings (SSSR count). The zero-order valence-corrected chi connectivity index (χ0v) is 19.1. The number of piperidine rings is 1. The highest BCUT2D eigenvalue weighted by Crippen LogP contribution is 2.33. The molecule has 32 heavy (non-hydrogen) atoms. The average Bonchev–Trinajstić information content (AvgIpc) is 3.44. The van der Waals surface area contributed by atoms with Crippen LogP contribution in [0.4, 0.5) is 0 Å². The normalized spacial score (nSPS) is 17.9. The first kappa shape index (κ1) is 21.0. The maximum absolute atomic E-state index is 12.7. The Morgan fingerprint density at radius 3 is 2.47 bits per heavy atom. The van der Waals surface area contributed by atoms with Crippen molar-refractivity contribution in [2.75, 3.05) is 13.1 Å². The minimum Gasteiger partial charge on any atom is -0.474 e. The highest BCUT2D eigenvalue weighted by molar-refractivity contribution is 5.86. The molecule has 1 amide bonds. The first-order valence-corrected chi connectivity index (χ1v) is 11.9. The molecule has 2 aromatic heterocycles. The van der Waals surface area contributed by atoms with Crippen LogP contribution in [-0.2, 0) is 11.3 Å². The number of nitrogens with zero attached hydrogens (tertiary/aromatic N) is 4. The maximum atomic E-state index is 12.7. The van der Waals surface area contributed by atoms with Crippen LogP contribution in [0.15, 0.2) is 36.7 Å². The van der Waals surface area contributed by atoms with Crippen LogP contribution in [0.3, 0.4) is 0 Å². The van der Waals surface area contributed by atoms with E-state index in [1.165, 1.54) is 29.7 Å². The fourth-order valence-corrected chi connectivity index (χ4v) is 5.27. The van der Waals surface area contributed by atoms with Gasteiger partial charge in [-0.3, -0.25) is 4.79 Å². The standard InChI is InChI=1S/C26H32N4O2/c1-18-19(2)30(16-20-8-4-3-5-9-20)24-23(18)25(28-17-27-24)32-22-12-14-29(15-13-22)26(31)21-10-6-7-11-21/h3-5,8-9,17,21-22H,6-7,10-16H2,1-2H3. The predicted molar refractivity (Wildman–Crippen MR) is 125 cm³/mol. The van der Waals surface area contributed by atoms with Crippen LogP contribution < -0.4 is 4.74 Å². The molecule has 0 bridgehead atoms.